The van der Waals surface area contributed by atoms with E-state index < -0.39 is 0 Å². The molecule has 4 nitrogen and oxygen atoms in total. The van der Waals surface area contributed by atoms with Gasteiger partial charge >= 0.3 is 0 Å². The molecule has 1 heterocycles. The predicted molar refractivity (Wildman–Crippen MR) is 92.1 cm³/mol. The van der Waals surface area contributed by atoms with Gasteiger partial charge in [-0.2, -0.15) is 0 Å². The zero-order chi connectivity index (χ0) is 16.3. The highest BCUT2D eigenvalue weighted by Crippen LogP contribution is 2.29. The molecule has 22 heavy (non-hydrogen) atoms. The zero-order valence-corrected chi connectivity index (χ0v) is 14.4. The van der Waals surface area contributed by atoms with Crippen molar-refractivity contribution >= 4 is 17.2 Å². The molecule has 1 amide bonds. The Labute approximate surface area is 136 Å². The van der Waals surface area contributed by atoms with Gasteiger partial charge < -0.3 is 10.6 Å². The number of nitrogens with two attached hydrogens (primary N) is 1. The van der Waals surface area contributed by atoms with E-state index in [1.165, 1.54) is 11.3 Å². The SMILES string of the molecule is Cc1nc(-c2ccccc2)c(C(=O)N(C)CC(C)(C)CN)s1. The number of hydrogen-bond donors (Lipinski definition) is 1. The second-order valence-corrected chi connectivity index (χ2v) is 7.51. The Balaban J connectivity index is 2.31. The maximum Gasteiger partial charge on any atom is 0.265 e. The van der Waals surface area contributed by atoms with E-state index in [9.17, 15) is 4.79 Å². The van der Waals surface area contributed by atoms with Crippen LogP contribution < -0.4 is 5.73 Å². The van der Waals surface area contributed by atoms with E-state index in [0.717, 1.165) is 16.3 Å². The van der Waals surface area contributed by atoms with Crippen LogP contribution >= 0.6 is 11.3 Å². The molecule has 0 aliphatic rings. The van der Waals surface area contributed by atoms with Gasteiger partial charge in [-0.15, -0.1) is 11.3 Å². The highest BCUT2D eigenvalue weighted by Gasteiger charge is 2.25. The van der Waals surface area contributed by atoms with Crippen LogP contribution in [0.4, 0.5) is 0 Å². The van der Waals surface area contributed by atoms with Crippen molar-refractivity contribution in [1.82, 2.24) is 9.88 Å². The van der Waals surface area contributed by atoms with Crippen LogP contribution in [0.5, 0.6) is 0 Å². The minimum absolute atomic E-state index is 0.00554. The smallest absolute Gasteiger partial charge is 0.265 e. The molecule has 0 atom stereocenters. The maximum absolute atomic E-state index is 12.8. The van der Waals surface area contributed by atoms with E-state index >= 15 is 0 Å². The van der Waals surface area contributed by atoms with Crippen molar-refractivity contribution in [2.45, 2.75) is 20.8 Å². The summed E-state index contributed by atoms with van der Waals surface area (Å²) in [5.41, 5.74) is 7.41. The number of thiazole rings is 1. The molecule has 1 aromatic carbocycles. The first kappa shape index (κ1) is 16.6. The predicted octanol–water partition coefficient (Wildman–Crippen LogP) is 3.18. The lowest BCUT2D eigenvalue weighted by atomic mass is 9.93. The summed E-state index contributed by atoms with van der Waals surface area (Å²) in [4.78, 5) is 19.8. The molecule has 118 valence electrons. The highest BCUT2D eigenvalue weighted by molar-refractivity contribution is 7.14. The van der Waals surface area contributed by atoms with Gasteiger partial charge in [-0.25, -0.2) is 4.98 Å². The van der Waals surface area contributed by atoms with Gasteiger partial charge in [0, 0.05) is 19.2 Å². The minimum atomic E-state index is -0.100. The third-order valence-electron chi connectivity index (χ3n) is 3.54. The fraction of sp³-hybridized carbons (Fsp3) is 0.412. The molecule has 0 aliphatic heterocycles. The number of carbonyl (C=O) groups excluding carboxylic acids is 1. The lowest BCUT2D eigenvalue weighted by Crippen LogP contribution is -2.39. The van der Waals surface area contributed by atoms with Crippen LogP contribution in [0.1, 0.15) is 28.5 Å². The zero-order valence-electron chi connectivity index (χ0n) is 13.6. The number of aromatic nitrogens is 1. The van der Waals surface area contributed by atoms with Crippen LogP contribution in [0.3, 0.4) is 0 Å². The largest absolute Gasteiger partial charge is 0.340 e. The van der Waals surface area contributed by atoms with Gasteiger partial charge in [0.15, 0.2) is 0 Å². The van der Waals surface area contributed by atoms with Crippen LogP contribution in [0.2, 0.25) is 0 Å². The van der Waals surface area contributed by atoms with E-state index in [1.54, 1.807) is 4.90 Å². The van der Waals surface area contributed by atoms with E-state index in [0.29, 0.717) is 18.0 Å². The summed E-state index contributed by atoms with van der Waals surface area (Å²) in [6, 6.07) is 9.84. The molecule has 5 heteroatoms. The molecule has 2 rings (SSSR count). The fourth-order valence-corrected chi connectivity index (χ4v) is 3.25. The first-order valence-electron chi connectivity index (χ1n) is 7.32. The van der Waals surface area contributed by atoms with Crippen molar-refractivity contribution in [3.63, 3.8) is 0 Å². The first-order chi connectivity index (χ1) is 10.3. The molecule has 0 fully saturated rings. The number of nitrogens with zero attached hydrogens (tertiary/aromatic N) is 2. The van der Waals surface area contributed by atoms with Crippen molar-refractivity contribution in [1.29, 1.82) is 0 Å². The Kier molecular flexibility index (Phi) is 4.98. The number of amides is 1. The third kappa shape index (κ3) is 3.72. The van der Waals surface area contributed by atoms with Gasteiger partial charge in [0.25, 0.3) is 5.91 Å². The van der Waals surface area contributed by atoms with Crippen LogP contribution in [0.15, 0.2) is 30.3 Å². The van der Waals surface area contributed by atoms with Gasteiger partial charge in [0.2, 0.25) is 0 Å². The molecule has 0 aliphatic carbocycles. The summed E-state index contributed by atoms with van der Waals surface area (Å²) >= 11 is 1.45. The summed E-state index contributed by atoms with van der Waals surface area (Å²) in [5.74, 6) is 0.00554. The standard InChI is InChI=1S/C17H23N3OS/c1-12-19-14(13-8-6-5-7-9-13)15(22-12)16(21)20(4)11-17(2,3)10-18/h5-9H,10-11,18H2,1-4H3. The Bertz CT molecular complexity index is 649. The van der Waals surface area contributed by atoms with Gasteiger partial charge in [-0.3, -0.25) is 4.79 Å². The Morgan fingerprint density at radius 3 is 2.55 bits per heavy atom. The number of aryl methyl sites for hydroxylation is 1. The van der Waals surface area contributed by atoms with Crippen LogP contribution in [-0.4, -0.2) is 35.9 Å². The maximum atomic E-state index is 12.8. The summed E-state index contributed by atoms with van der Waals surface area (Å²) in [5, 5.41) is 0.897. The van der Waals surface area contributed by atoms with Crippen molar-refractivity contribution in [2.75, 3.05) is 20.1 Å². The molecule has 0 saturated carbocycles. The lowest BCUT2D eigenvalue weighted by molar-refractivity contribution is 0.0746. The average Bonchev–Trinajstić information content (AvgIpc) is 2.89. The molecule has 2 aromatic rings. The molecular weight excluding hydrogens is 294 g/mol. The normalized spacial score (nSPS) is 11.5. The molecule has 2 N–H and O–H groups in total. The van der Waals surface area contributed by atoms with Crippen molar-refractivity contribution < 1.29 is 4.79 Å². The highest BCUT2D eigenvalue weighted by atomic mass is 32.1. The molecule has 0 saturated heterocycles. The molecule has 0 spiro atoms. The van der Waals surface area contributed by atoms with Crippen molar-refractivity contribution in [2.24, 2.45) is 11.1 Å². The van der Waals surface area contributed by atoms with E-state index in [-0.39, 0.29) is 11.3 Å². The van der Waals surface area contributed by atoms with Crippen LogP contribution in [0, 0.1) is 12.3 Å². The Morgan fingerprint density at radius 2 is 1.95 bits per heavy atom. The second kappa shape index (κ2) is 6.58. The van der Waals surface area contributed by atoms with Gasteiger partial charge in [0.1, 0.15) is 4.88 Å². The second-order valence-electron chi connectivity index (χ2n) is 6.31. The van der Waals surface area contributed by atoms with E-state index in [2.05, 4.69) is 18.8 Å². The number of hydrogen-bond acceptors (Lipinski definition) is 4. The quantitative estimate of drug-likeness (QED) is 0.921. The number of rotatable bonds is 5. The van der Waals surface area contributed by atoms with Crippen LogP contribution in [0.25, 0.3) is 11.3 Å². The average molecular weight is 317 g/mol. The Morgan fingerprint density at radius 1 is 1.32 bits per heavy atom. The van der Waals surface area contributed by atoms with Crippen LogP contribution in [-0.2, 0) is 0 Å². The molecule has 0 radical (unpaired) electrons. The van der Waals surface area contributed by atoms with Crippen molar-refractivity contribution in [3.8, 4) is 11.3 Å². The van der Waals surface area contributed by atoms with Crippen molar-refractivity contribution in [3.05, 3.63) is 40.2 Å². The topological polar surface area (TPSA) is 59.2 Å². The minimum Gasteiger partial charge on any atom is -0.340 e. The summed E-state index contributed by atoms with van der Waals surface area (Å²) in [6.45, 7) is 7.21. The van der Waals surface area contributed by atoms with Gasteiger partial charge in [-0.05, 0) is 18.9 Å². The molecule has 0 unspecified atom stereocenters. The molecular formula is C17H23N3OS. The summed E-state index contributed by atoms with van der Waals surface area (Å²) < 4.78 is 0. The monoisotopic (exact) mass is 317 g/mol. The number of benzene rings is 1. The summed E-state index contributed by atoms with van der Waals surface area (Å²) in [7, 11) is 1.82. The third-order valence-corrected chi connectivity index (χ3v) is 4.50. The lowest BCUT2D eigenvalue weighted by Gasteiger charge is -2.28. The molecule has 0 bridgehead atoms. The van der Waals surface area contributed by atoms with Gasteiger partial charge in [-0.1, -0.05) is 44.2 Å². The first-order valence-corrected chi connectivity index (χ1v) is 8.14. The fourth-order valence-electron chi connectivity index (χ4n) is 2.32. The number of carbonyl (C=O) groups is 1. The van der Waals surface area contributed by atoms with E-state index in [4.69, 9.17) is 5.73 Å². The Hall–Kier alpha value is -1.72. The van der Waals surface area contributed by atoms with E-state index in [1.807, 2.05) is 44.3 Å². The molecule has 1 aromatic heterocycles. The van der Waals surface area contributed by atoms with Gasteiger partial charge in [0.05, 0.1) is 10.7 Å². The summed E-state index contributed by atoms with van der Waals surface area (Å²) in [6.07, 6.45) is 0.